The Morgan fingerprint density at radius 3 is 2.86 bits per heavy atom. The lowest BCUT2D eigenvalue weighted by Crippen LogP contribution is -2.06. The fraction of sp³-hybridized carbons (Fsp3) is 0.727. The SMILES string of the molecule is Cc1cn(CC2CCC(C)C2)c(=S)[nH]1. The van der Waals surface area contributed by atoms with E-state index in [1.54, 1.807) is 0 Å². The monoisotopic (exact) mass is 210 g/mol. The first-order chi connectivity index (χ1) is 6.65. The largest absolute Gasteiger partial charge is 0.335 e. The molecular weight excluding hydrogens is 192 g/mol. The van der Waals surface area contributed by atoms with Crippen LogP contribution in [-0.2, 0) is 6.54 Å². The van der Waals surface area contributed by atoms with Gasteiger partial charge in [-0.2, -0.15) is 0 Å². The Balaban J connectivity index is 2.04. The second-order valence-electron chi connectivity index (χ2n) is 4.68. The quantitative estimate of drug-likeness (QED) is 0.743. The van der Waals surface area contributed by atoms with E-state index in [4.69, 9.17) is 12.2 Å². The number of aromatic amines is 1. The van der Waals surface area contributed by atoms with Gasteiger partial charge in [0.25, 0.3) is 0 Å². The molecule has 1 heterocycles. The highest BCUT2D eigenvalue weighted by atomic mass is 32.1. The molecule has 0 aliphatic heterocycles. The van der Waals surface area contributed by atoms with E-state index in [2.05, 4.69) is 29.6 Å². The highest BCUT2D eigenvalue weighted by molar-refractivity contribution is 7.71. The van der Waals surface area contributed by atoms with Gasteiger partial charge in [0.05, 0.1) is 0 Å². The summed E-state index contributed by atoms with van der Waals surface area (Å²) in [4.78, 5) is 3.17. The van der Waals surface area contributed by atoms with Crippen LogP contribution in [0.1, 0.15) is 31.9 Å². The van der Waals surface area contributed by atoms with Crippen LogP contribution in [0.25, 0.3) is 0 Å². The van der Waals surface area contributed by atoms with Gasteiger partial charge in [0.2, 0.25) is 0 Å². The molecule has 1 fully saturated rings. The summed E-state index contributed by atoms with van der Waals surface area (Å²) in [5.41, 5.74) is 1.17. The van der Waals surface area contributed by atoms with Crippen LogP contribution in [0.15, 0.2) is 6.20 Å². The van der Waals surface area contributed by atoms with E-state index in [0.29, 0.717) is 0 Å². The van der Waals surface area contributed by atoms with E-state index in [1.165, 1.54) is 25.0 Å². The van der Waals surface area contributed by atoms with Crippen molar-refractivity contribution in [1.82, 2.24) is 9.55 Å². The molecule has 0 saturated heterocycles. The van der Waals surface area contributed by atoms with Gasteiger partial charge in [-0.15, -0.1) is 0 Å². The Hall–Kier alpha value is -0.570. The maximum Gasteiger partial charge on any atom is 0.177 e. The second-order valence-corrected chi connectivity index (χ2v) is 5.07. The smallest absolute Gasteiger partial charge is 0.177 e. The first-order valence-electron chi connectivity index (χ1n) is 5.41. The van der Waals surface area contributed by atoms with E-state index >= 15 is 0 Å². The van der Waals surface area contributed by atoms with Crippen LogP contribution in [0.4, 0.5) is 0 Å². The van der Waals surface area contributed by atoms with E-state index in [1.807, 2.05) is 0 Å². The lowest BCUT2D eigenvalue weighted by Gasteiger charge is -2.09. The van der Waals surface area contributed by atoms with Crippen molar-refractivity contribution in [3.05, 3.63) is 16.7 Å². The Morgan fingerprint density at radius 1 is 1.57 bits per heavy atom. The van der Waals surface area contributed by atoms with Crippen molar-refractivity contribution in [3.63, 3.8) is 0 Å². The number of aromatic nitrogens is 2. The summed E-state index contributed by atoms with van der Waals surface area (Å²) in [5.74, 6) is 1.75. The molecule has 1 aliphatic carbocycles. The van der Waals surface area contributed by atoms with Crippen LogP contribution in [0, 0.1) is 23.5 Å². The maximum atomic E-state index is 5.24. The first-order valence-corrected chi connectivity index (χ1v) is 5.82. The van der Waals surface area contributed by atoms with Crippen molar-refractivity contribution < 1.29 is 0 Å². The minimum Gasteiger partial charge on any atom is -0.335 e. The highest BCUT2D eigenvalue weighted by Gasteiger charge is 2.21. The molecule has 0 spiro atoms. The van der Waals surface area contributed by atoms with Crippen molar-refractivity contribution >= 4 is 12.2 Å². The van der Waals surface area contributed by atoms with Crippen LogP contribution >= 0.6 is 12.2 Å². The predicted molar refractivity (Wildman–Crippen MR) is 60.9 cm³/mol. The van der Waals surface area contributed by atoms with Crippen LogP contribution < -0.4 is 0 Å². The Morgan fingerprint density at radius 2 is 2.36 bits per heavy atom. The van der Waals surface area contributed by atoms with Gasteiger partial charge >= 0.3 is 0 Å². The zero-order chi connectivity index (χ0) is 10.1. The van der Waals surface area contributed by atoms with Crippen LogP contribution in [0.3, 0.4) is 0 Å². The van der Waals surface area contributed by atoms with Gasteiger partial charge in [-0.25, -0.2) is 0 Å². The summed E-state index contributed by atoms with van der Waals surface area (Å²) in [6.07, 6.45) is 6.26. The average molecular weight is 210 g/mol. The molecule has 0 radical (unpaired) electrons. The number of rotatable bonds is 2. The van der Waals surface area contributed by atoms with Crippen molar-refractivity contribution in [3.8, 4) is 0 Å². The van der Waals surface area contributed by atoms with Gasteiger partial charge in [0.1, 0.15) is 0 Å². The second kappa shape index (κ2) is 3.89. The molecule has 1 N–H and O–H groups in total. The molecule has 3 heteroatoms. The molecule has 0 amide bonds. The Bertz CT molecular complexity index is 364. The number of aryl methyl sites for hydroxylation is 1. The topological polar surface area (TPSA) is 20.7 Å². The highest BCUT2D eigenvalue weighted by Crippen LogP contribution is 2.31. The summed E-state index contributed by atoms with van der Waals surface area (Å²) < 4.78 is 3.06. The molecule has 2 atom stereocenters. The van der Waals surface area contributed by atoms with Crippen molar-refractivity contribution in [2.45, 2.75) is 39.7 Å². The normalized spacial score (nSPS) is 27.0. The zero-order valence-corrected chi connectivity index (χ0v) is 9.73. The zero-order valence-electron chi connectivity index (χ0n) is 8.92. The lowest BCUT2D eigenvalue weighted by molar-refractivity contribution is 0.438. The molecule has 2 nitrogen and oxygen atoms in total. The number of H-pyrrole nitrogens is 1. The third-order valence-electron chi connectivity index (χ3n) is 3.17. The Labute approximate surface area is 90.3 Å². The van der Waals surface area contributed by atoms with Gasteiger partial charge < -0.3 is 9.55 Å². The van der Waals surface area contributed by atoms with Crippen LogP contribution in [-0.4, -0.2) is 9.55 Å². The van der Waals surface area contributed by atoms with Crippen molar-refractivity contribution in [2.24, 2.45) is 11.8 Å². The van der Waals surface area contributed by atoms with Crippen molar-refractivity contribution in [1.29, 1.82) is 0 Å². The summed E-state index contributed by atoms with van der Waals surface area (Å²) in [7, 11) is 0. The molecular formula is C11H18N2S. The number of hydrogen-bond donors (Lipinski definition) is 1. The molecule has 1 aromatic heterocycles. The van der Waals surface area contributed by atoms with Gasteiger partial charge in [-0.3, -0.25) is 0 Å². The number of nitrogens with zero attached hydrogens (tertiary/aromatic N) is 1. The van der Waals surface area contributed by atoms with Crippen LogP contribution in [0.2, 0.25) is 0 Å². The molecule has 1 aromatic rings. The molecule has 2 unspecified atom stereocenters. The number of hydrogen-bond acceptors (Lipinski definition) is 1. The van der Waals surface area contributed by atoms with E-state index in [9.17, 15) is 0 Å². The standard InChI is InChI=1S/C11H18N2S/c1-8-3-4-10(5-8)7-13-6-9(2)12-11(13)14/h6,8,10H,3-5,7H2,1-2H3,(H,12,14). The molecule has 1 aliphatic rings. The van der Waals surface area contributed by atoms with Gasteiger partial charge in [0.15, 0.2) is 4.77 Å². The number of imidazole rings is 1. The average Bonchev–Trinajstić information content (AvgIpc) is 2.61. The molecule has 14 heavy (non-hydrogen) atoms. The minimum absolute atomic E-state index is 0.840. The predicted octanol–water partition coefficient (Wildman–Crippen LogP) is 3.29. The van der Waals surface area contributed by atoms with Crippen LogP contribution in [0.5, 0.6) is 0 Å². The summed E-state index contributed by atoms with van der Waals surface area (Å²) in [6.45, 7) is 5.51. The van der Waals surface area contributed by atoms with Gasteiger partial charge in [-0.05, 0) is 43.8 Å². The van der Waals surface area contributed by atoms with Gasteiger partial charge in [0, 0.05) is 18.4 Å². The molecule has 1 saturated carbocycles. The first kappa shape index (κ1) is 9.97. The minimum atomic E-state index is 0.840. The molecule has 78 valence electrons. The third kappa shape index (κ3) is 2.08. The van der Waals surface area contributed by atoms with Crippen molar-refractivity contribution in [2.75, 3.05) is 0 Å². The van der Waals surface area contributed by atoms with E-state index < -0.39 is 0 Å². The summed E-state index contributed by atoms with van der Waals surface area (Å²) in [6, 6.07) is 0. The molecule has 2 rings (SSSR count). The number of nitrogens with one attached hydrogen (secondary N) is 1. The maximum absolute atomic E-state index is 5.24. The van der Waals surface area contributed by atoms with E-state index in [-0.39, 0.29) is 0 Å². The molecule has 0 aromatic carbocycles. The Kier molecular flexibility index (Phi) is 2.77. The lowest BCUT2D eigenvalue weighted by atomic mass is 10.1. The van der Waals surface area contributed by atoms with E-state index in [0.717, 1.165) is 23.2 Å². The molecule has 0 bridgehead atoms. The summed E-state index contributed by atoms with van der Waals surface area (Å²) >= 11 is 5.24. The third-order valence-corrected chi connectivity index (χ3v) is 3.51. The fourth-order valence-corrected chi connectivity index (χ4v) is 2.76. The fourth-order valence-electron chi connectivity index (χ4n) is 2.47. The summed E-state index contributed by atoms with van der Waals surface area (Å²) in [5, 5.41) is 0. The van der Waals surface area contributed by atoms with Gasteiger partial charge in [-0.1, -0.05) is 13.3 Å².